The Balaban J connectivity index is 0.000000646. The van der Waals surface area contributed by atoms with E-state index in [0.717, 1.165) is 23.1 Å². The van der Waals surface area contributed by atoms with Gasteiger partial charge in [0.05, 0.1) is 29.6 Å². The molecule has 2 fully saturated rings. The highest BCUT2D eigenvalue weighted by Crippen LogP contribution is 2.42. The Kier molecular flexibility index (Phi) is 17.8. The SMILES string of the molecule is CC.CCCC1C(C(=O)N2CCC(C#N)(c3ccccc3OCCCCCC(=O)O)CC2)CCCN1C(=O)c1ncccc1C(F)(F)F.Oc1csc(C(F)(F)F)c1. The lowest BCUT2D eigenvalue weighted by atomic mass is 9.73. The van der Waals surface area contributed by atoms with E-state index in [9.17, 15) is 46.0 Å². The van der Waals surface area contributed by atoms with Crippen molar-refractivity contribution in [1.29, 1.82) is 5.26 Å². The van der Waals surface area contributed by atoms with Gasteiger partial charge in [-0.25, -0.2) is 0 Å². The summed E-state index contributed by atoms with van der Waals surface area (Å²) in [6, 6.07) is 12.0. The molecule has 2 unspecified atom stereocenters. The number of rotatable bonds is 12. The number of pyridine rings is 1. The smallest absolute Gasteiger partial charge is 0.425 e. The highest BCUT2D eigenvalue weighted by molar-refractivity contribution is 7.10. The number of likely N-dealkylation sites (tertiary alicyclic amines) is 2. The molecule has 2 aromatic heterocycles. The number of thiophene rings is 1. The van der Waals surface area contributed by atoms with Gasteiger partial charge in [0.2, 0.25) is 5.91 Å². The lowest BCUT2D eigenvalue weighted by Crippen LogP contribution is -2.55. The summed E-state index contributed by atoms with van der Waals surface area (Å²) in [6.07, 6.45) is -2.96. The predicted molar refractivity (Wildman–Crippen MR) is 205 cm³/mol. The highest BCUT2D eigenvalue weighted by atomic mass is 32.1. The number of unbranched alkanes of at least 4 members (excludes halogenated alkanes) is 2. The molecule has 10 nitrogen and oxygen atoms in total. The number of carbonyl (C=O) groups excluding carboxylic acids is 2. The molecule has 0 bridgehead atoms. The summed E-state index contributed by atoms with van der Waals surface area (Å²) in [4.78, 5) is 44.4. The number of carbonyl (C=O) groups is 3. The van der Waals surface area contributed by atoms with Crippen molar-refractivity contribution in [3.8, 4) is 17.6 Å². The second-order valence-corrected chi connectivity index (χ2v) is 14.6. The number of carboxylic acid groups (broad SMARTS) is 1. The summed E-state index contributed by atoms with van der Waals surface area (Å²) in [5, 5.41) is 28.8. The minimum absolute atomic E-state index is 0.112. The van der Waals surface area contributed by atoms with Crippen molar-refractivity contribution in [1.82, 2.24) is 14.8 Å². The summed E-state index contributed by atoms with van der Waals surface area (Å²) < 4.78 is 82.3. The summed E-state index contributed by atoms with van der Waals surface area (Å²) in [7, 11) is 0. The fraction of sp³-hybridized carbons (Fsp3) is 0.537. The largest absolute Gasteiger partial charge is 0.507 e. The van der Waals surface area contributed by atoms with E-state index in [2.05, 4.69) is 11.1 Å². The summed E-state index contributed by atoms with van der Waals surface area (Å²) >= 11 is 0.481. The van der Waals surface area contributed by atoms with Crippen LogP contribution in [0.2, 0.25) is 0 Å². The topological polar surface area (TPSA) is 144 Å². The first kappa shape index (κ1) is 47.5. The molecule has 2 amide bonds. The zero-order valence-electron chi connectivity index (χ0n) is 32.7. The monoisotopic (exact) mass is 840 g/mol. The lowest BCUT2D eigenvalue weighted by Gasteiger charge is -2.44. The Morgan fingerprint density at radius 1 is 1.00 bits per heavy atom. The molecule has 2 saturated heterocycles. The number of ether oxygens (including phenoxy) is 1. The van der Waals surface area contributed by atoms with E-state index in [1.165, 1.54) is 11.1 Å². The molecule has 0 spiro atoms. The van der Waals surface area contributed by atoms with Crippen LogP contribution in [0.25, 0.3) is 0 Å². The van der Waals surface area contributed by atoms with E-state index in [1.807, 2.05) is 45.0 Å². The number of aromatic nitrogens is 1. The first-order chi connectivity index (χ1) is 27.5. The Morgan fingerprint density at radius 3 is 2.26 bits per heavy atom. The number of nitriles is 1. The fourth-order valence-corrected chi connectivity index (χ4v) is 7.81. The lowest BCUT2D eigenvalue weighted by molar-refractivity contribution is -0.141. The molecular formula is C41H50F6N4O6S. The van der Waals surface area contributed by atoms with E-state index >= 15 is 0 Å². The molecular weight excluding hydrogens is 791 g/mol. The van der Waals surface area contributed by atoms with E-state index < -0.39 is 57.7 Å². The number of para-hydroxylation sites is 1. The Morgan fingerprint density at radius 2 is 1.69 bits per heavy atom. The molecule has 2 N–H and O–H groups in total. The van der Waals surface area contributed by atoms with Gasteiger partial charge < -0.3 is 24.7 Å². The van der Waals surface area contributed by atoms with Gasteiger partial charge in [-0.1, -0.05) is 45.4 Å². The molecule has 0 saturated carbocycles. The van der Waals surface area contributed by atoms with E-state index in [1.54, 1.807) is 4.90 Å². The van der Waals surface area contributed by atoms with Gasteiger partial charge in [0.15, 0.2) is 0 Å². The number of benzene rings is 1. The molecule has 4 heterocycles. The minimum Gasteiger partial charge on any atom is -0.507 e. The van der Waals surface area contributed by atoms with Gasteiger partial charge in [-0.15, -0.1) is 11.3 Å². The van der Waals surface area contributed by atoms with E-state index in [4.69, 9.17) is 14.9 Å². The highest BCUT2D eigenvalue weighted by Gasteiger charge is 2.45. The molecule has 5 rings (SSSR count). The summed E-state index contributed by atoms with van der Waals surface area (Å²) in [5.41, 5.74) is -1.86. The third-order valence-electron chi connectivity index (χ3n) is 9.96. The van der Waals surface area contributed by atoms with Gasteiger partial charge in [-0.2, -0.15) is 31.6 Å². The van der Waals surface area contributed by atoms with Gasteiger partial charge in [-0.05, 0) is 69.6 Å². The van der Waals surface area contributed by atoms with Crippen LogP contribution in [0.15, 0.2) is 54.0 Å². The van der Waals surface area contributed by atoms with Crippen LogP contribution in [0.1, 0.15) is 111 Å². The van der Waals surface area contributed by atoms with Crippen LogP contribution in [0.5, 0.6) is 11.5 Å². The molecule has 58 heavy (non-hydrogen) atoms. The van der Waals surface area contributed by atoms with Crippen molar-refractivity contribution in [3.63, 3.8) is 0 Å². The van der Waals surface area contributed by atoms with Crippen molar-refractivity contribution in [2.45, 2.75) is 109 Å². The number of aliphatic carboxylic acids is 1. The number of nitrogens with zero attached hydrogens (tertiary/aromatic N) is 4. The van der Waals surface area contributed by atoms with Gasteiger partial charge >= 0.3 is 18.3 Å². The molecule has 2 atom stereocenters. The van der Waals surface area contributed by atoms with Crippen LogP contribution < -0.4 is 4.74 Å². The van der Waals surface area contributed by atoms with Crippen LogP contribution in [0.3, 0.4) is 0 Å². The van der Waals surface area contributed by atoms with Gasteiger partial charge in [0.25, 0.3) is 5.91 Å². The number of hydrogen-bond donors (Lipinski definition) is 2. The number of amides is 2. The standard InChI is InChI=1S/C34H41F3N4O5.C5H3F3OS.C2H6/c1-2-10-27-24(11-9-19-41(27)32(45)30-26(34(35,36)37)13-8-18-39-30)31(44)40-20-16-33(23-38,17-21-40)25-12-5-6-14-28(25)46-22-7-3-4-15-29(42)43;6-5(7,8)4-1-3(9)2-10-4;1-2/h5-6,8,12-14,18,24,27H,2-4,7,9-11,15-17,19-22H2,1H3,(H,42,43);1-2,9H;1-2H3. The van der Waals surface area contributed by atoms with Crippen LogP contribution in [0, 0.1) is 17.2 Å². The third kappa shape index (κ3) is 12.6. The molecule has 2 aliphatic rings. The number of hydrogen-bond acceptors (Lipinski definition) is 8. The maximum atomic E-state index is 14.0. The van der Waals surface area contributed by atoms with E-state index in [0.29, 0.717) is 101 Å². The average molecular weight is 841 g/mol. The summed E-state index contributed by atoms with van der Waals surface area (Å²) in [5.74, 6) is -2.10. The maximum Gasteiger partial charge on any atom is 0.425 e. The molecule has 0 radical (unpaired) electrons. The predicted octanol–water partition coefficient (Wildman–Crippen LogP) is 9.73. The third-order valence-corrected chi connectivity index (χ3v) is 10.9. The minimum atomic E-state index is -4.74. The van der Waals surface area contributed by atoms with Crippen molar-refractivity contribution >= 4 is 29.1 Å². The molecule has 3 aromatic rings. The molecule has 318 valence electrons. The van der Waals surface area contributed by atoms with Crippen LogP contribution >= 0.6 is 11.3 Å². The molecule has 1 aromatic carbocycles. The second kappa shape index (κ2) is 21.8. The number of halogens is 6. The van der Waals surface area contributed by atoms with Gasteiger partial charge in [-0.3, -0.25) is 19.4 Å². The van der Waals surface area contributed by atoms with Crippen LogP contribution in [-0.2, 0) is 27.4 Å². The quantitative estimate of drug-likeness (QED) is 0.136. The Labute approximate surface area is 338 Å². The van der Waals surface area contributed by atoms with Crippen molar-refractivity contribution in [3.05, 3.63) is 75.7 Å². The normalized spacial score (nSPS) is 17.8. The molecule has 0 aliphatic carbocycles. The molecule has 17 heteroatoms. The number of carboxylic acids is 1. The van der Waals surface area contributed by atoms with Crippen molar-refractivity contribution < 1.29 is 55.7 Å². The first-order valence-corrected chi connectivity index (χ1v) is 20.2. The summed E-state index contributed by atoms with van der Waals surface area (Å²) in [6.45, 7) is 7.18. The van der Waals surface area contributed by atoms with Crippen molar-refractivity contribution in [2.75, 3.05) is 26.2 Å². The number of aromatic hydroxyl groups is 1. The van der Waals surface area contributed by atoms with Crippen LogP contribution in [0.4, 0.5) is 26.3 Å². The van der Waals surface area contributed by atoms with Gasteiger partial charge in [0.1, 0.15) is 22.1 Å². The van der Waals surface area contributed by atoms with Crippen molar-refractivity contribution in [2.24, 2.45) is 5.92 Å². The second-order valence-electron chi connectivity index (χ2n) is 13.7. The van der Waals surface area contributed by atoms with Gasteiger partial charge in [0, 0.05) is 55.3 Å². The Hall–Kier alpha value is -4.85. The fourth-order valence-electron chi connectivity index (χ4n) is 7.18. The van der Waals surface area contributed by atoms with Crippen LogP contribution in [-0.4, -0.2) is 75.1 Å². The number of alkyl halides is 6. The zero-order valence-corrected chi connectivity index (χ0v) is 33.6. The molecule has 2 aliphatic heterocycles. The zero-order chi connectivity index (χ0) is 43.1. The Bertz CT molecular complexity index is 1840. The van der Waals surface area contributed by atoms with E-state index in [-0.39, 0.29) is 24.6 Å². The average Bonchev–Trinajstić information content (AvgIpc) is 3.67. The first-order valence-electron chi connectivity index (χ1n) is 19.3. The number of piperidine rings is 2. The maximum absolute atomic E-state index is 14.0.